The molecule has 0 heterocycles. The molecule has 0 aliphatic heterocycles. The number of nitrogens with zero attached hydrogens (tertiary/aromatic N) is 1. The minimum Gasteiger partial charge on any atom is -0.296 e. The van der Waals surface area contributed by atoms with Crippen LogP contribution in [0.25, 0.3) is 0 Å². The zero-order valence-corrected chi connectivity index (χ0v) is 14.4. The molecule has 4 heteroatoms. The van der Waals surface area contributed by atoms with Gasteiger partial charge in [0.1, 0.15) is 11.6 Å². The van der Waals surface area contributed by atoms with Crippen LogP contribution in [0.5, 0.6) is 0 Å². The largest absolute Gasteiger partial charge is 0.296 e. The van der Waals surface area contributed by atoms with E-state index in [0.29, 0.717) is 23.0 Å². The highest BCUT2D eigenvalue weighted by molar-refractivity contribution is 9.10. The summed E-state index contributed by atoms with van der Waals surface area (Å²) < 4.78 is 28.5. The quantitative estimate of drug-likeness (QED) is 0.604. The van der Waals surface area contributed by atoms with Crippen molar-refractivity contribution in [3.05, 3.63) is 33.8 Å². The van der Waals surface area contributed by atoms with Gasteiger partial charge in [-0.1, -0.05) is 26.7 Å². The summed E-state index contributed by atoms with van der Waals surface area (Å²) in [5.74, 6) is -0.295. The van der Waals surface area contributed by atoms with E-state index in [0.717, 1.165) is 25.8 Å². The van der Waals surface area contributed by atoms with Crippen molar-refractivity contribution < 1.29 is 8.78 Å². The second kappa shape index (κ2) is 7.68. The van der Waals surface area contributed by atoms with Gasteiger partial charge < -0.3 is 0 Å². The minimum atomic E-state index is -0.456. The van der Waals surface area contributed by atoms with Gasteiger partial charge >= 0.3 is 0 Å². The van der Waals surface area contributed by atoms with Crippen molar-refractivity contribution in [2.24, 2.45) is 5.92 Å². The molecule has 0 spiro atoms. The maximum Gasteiger partial charge on any atom is 0.144 e. The zero-order valence-electron chi connectivity index (χ0n) is 12.8. The van der Waals surface area contributed by atoms with Crippen molar-refractivity contribution in [3.63, 3.8) is 0 Å². The molecule has 1 aromatic carbocycles. The Bertz CT molecular complexity index is 470. The normalized spacial score (nSPS) is 16.3. The van der Waals surface area contributed by atoms with Gasteiger partial charge in [0, 0.05) is 18.2 Å². The molecule has 2 rings (SSSR count). The van der Waals surface area contributed by atoms with Crippen LogP contribution in [0.3, 0.4) is 0 Å². The standard InChI is InChI=1S/C17H24BrF2N/c1-12(2)9-10-21(13-5-3-4-6-13)11-14-16(19)8-7-15(18)17(14)20/h7-8,12-13H,3-6,9-11H2,1-2H3. The van der Waals surface area contributed by atoms with Crippen LogP contribution in [0.2, 0.25) is 0 Å². The topological polar surface area (TPSA) is 3.24 Å². The van der Waals surface area contributed by atoms with Crippen molar-refractivity contribution in [1.29, 1.82) is 0 Å². The Balaban J connectivity index is 2.15. The van der Waals surface area contributed by atoms with Gasteiger partial charge in [-0.15, -0.1) is 0 Å². The Morgan fingerprint density at radius 3 is 2.52 bits per heavy atom. The summed E-state index contributed by atoms with van der Waals surface area (Å²) in [5.41, 5.74) is 0.194. The van der Waals surface area contributed by atoms with Gasteiger partial charge in [-0.3, -0.25) is 4.90 Å². The molecule has 0 radical (unpaired) electrons. The van der Waals surface area contributed by atoms with Gasteiger partial charge in [0.05, 0.1) is 4.47 Å². The Morgan fingerprint density at radius 1 is 1.24 bits per heavy atom. The lowest BCUT2D eigenvalue weighted by atomic mass is 10.1. The molecule has 1 fully saturated rings. The first kappa shape index (κ1) is 16.9. The molecule has 1 aliphatic carbocycles. The molecular weight excluding hydrogens is 336 g/mol. The fraction of sp³-hybridized carbons (Fsp3) is 0.647. The highest BCUT2D eigenvalue weighted by atomic mass is 79.9. The molecule has 0 N–H and O–H groups in total. The van der Waals surface area contributed by atoms with Gasteiger partial charge in [0.15, 0.2) is 0 Å². The highest BCUT2D eigenvalue weighted by Crippen LogP contribution is 2.28. The van der Waals surface area contributed by atoms with Crippen molar-refractivity contribution in [3.8, 4) is 0 Å². The smallest absolute Gasteiger partial charge is 0.144 e. The van der Waals surface area contributed by atoms with Crippen molar-refractivity contribution >= 4 is 15.9 Å². The third kappa shape index (κ3) is 4.49. The molecule has 0 aromatic heterocycles. The van der Waals surface area contributed by atoms with Crippen LogP contribution in [0, 0.1) is 17.6 Å². The average molecular weight is 360 g/mol. The van der Waals surface area contributed by atoms with Gasteiger partial charge in [0.2, 0.25) is 0 Å². The molecule has 21 heavy (non-hydrogen) atoms. The van der Waals surface area contributed by atoms with E-state index in [1.165, 1.54) is 25.0 Å². The fourth-order valence-corrected chi connectivity index (χ4v) is 3.37. The predicted molar refractivity (Wildman–Crippen MR) is 86.2 cm³/mol. The molecule has 1 aromatic rings. The molecule has 0 unspecified atom stereocenters. The molecule has 1 nitrogen and oxygen atoms in total. The van der Waals surface area contributed by atoms with E-state index in [-0.39, 0.29) is 5.56 Å². The van der Waals surface area contributed by atoms with Gasteiger partial charge in [-0.05, 0) is 59.8 Å². The van der Waals surface area contributed by atoms with Crippen molar-refractivity contribution in [2.45, 2.75) is 58.5 Å². The van der Waals surface area contributed by atoms with Crippen LogP contribution < -0.4 is 0 Å². The van der Waals surface area contributed by atoms with E-state index in [4.69, 9.17) is 0 Å². The van der Waals surface area contributed by atoms with Gasteiger partial charge in [-0.2, -0.15) is 0 Å². The second-order valence-electron chi connectivity index (χ2n) is 6.41. The van der Waals surface area contributed by atoms with Crippen LogP contribution in [0.4, 0.5) is 8.78 Å². The van der Waals surface area contributed by atoms with E-state index in [9.17, 15) is 8.78 Å². The van der Waals surface area contributed by atoms with Gasteiger partial charge in [0.25, 0.3) is 0 Å². The number of benzene rings is 1. The summed E-state index contributed by atoms with van der Waals surface area (Å²) in [6.45, 7) is 5.66. The maximum atomic E-state index is 14.2. The lowest BCUT2D eigenvalue weighted by Gasteiger charge is -2.30. The monoisotopic (exact) mass is 359 g/mol. The molecule has 1 aliphatic rings. The van der Waals surface area contributed by atoms with Gasteiger partial charge in [-0.25, -0.2) is 8.78 Å². The first-order valence-corrected chi connectivity index (χ1v) is 8.64. The Morgan fingerprint density at radius 2 is 1.90 bits per heavy atom. The second-order valence-corrected chi connectivity index (χ2v) is 7.27. The summed E-state index contributed by atoms with van der Waals surface area (Å²) in [5, 5.41) is 0. The van der Waals surface area contributed by atoms with Crippen LogP contribution in [0.15, 0.2) is 16.6 Å². The van der Waals surface area contributed by atoms with E-state index in [1.54, 1.807) is 0 Å². The molecule has 0 bridgehead atoms. The van der Waals surface area contributed by atoms with E-state index >= 15 is 0 Å². The summed E-state index contributed by atoms with van der Waals surface area (Å²) >= 11 is 3.16. The number of hydrogen-bond donors (Lipinski definition) is 0. The highest BCUT2D eigenvalue weighted by Gasteiger charge is 2.25. The summed E-state index contributed by atoms with van der Waals surface area (Å²) in [4.78, 5) is 2.28. The van der Waals surface area contributed by atoms with E-state index in [2.05, 4.69) is 34.7 Å². The fourth-order valence-electron chi connectivity index (χ4n) is 3.00. The van der Waals surface area contributed by atoms with Crippen molar-refractivity contribution in [2.75, 3.05) is 6.54 Å². The first-order valence-electron chi connectivity index (χ1n) is 7.85. The first-order chi connectivity index (χ1) is 9.99. The summed E-state index contributed by atoms with van der Waals surface area (Å²) in [7, 11) is 0. The lowest BCUT2D eigenvalue weighted by molar-refractivity contribution is 0.175. The molecular formula is C17H24BrF2N. The number of rotatable bonds is 6. The Kier molecular flexibility index (Phi) is 6.18. The number of halogens is 3. The van der Waals surface area contributed by atoms with Crippen LogP contribution >= 0.6 is 15.9 Å². The molecule has 0 saturated heterocycles. The molecule has 0 amide bonds. The lowest BCUT2D eigenvalue weighted by Crippen LogP contribution is -2.34. The number of hydrogen-bond acceptors (Lipinski definition) is 1. The average Bonchev–Trinajstić information content (AvgIpc) is 2.96. The van der Waals surface area contributed by atoms with Crippen LogP contribution in [-0.2, 0) is 6.54 Å². The van der Waals surface area contributed by atoms with Crippen LogP contribution in [0.1, 0.15) is 51.5 Å². The Labute approximate surface area is 134 Å². The molecule has 1 saturated carbocycles. The SMILES string of the molecule is CC(C)CCN(Cc1c(F)ccc(Br)c1F)C1CCCC1. The molecule has 118 valence electrons. The van der Waals surface area contributed by atoms with E-state index < -0.39 is 11.6 Å². The van der Waals surface area contributed by atoms with E-state index in [1.807, 2.05) is 0 Å². The minimum absolute atomic E-state index is 0.194. The van der Waals surface area contributed by atoms with Crippen LogP contribution in [-0.4, -0.2) is 17.5 Å². The summed E-state index contributed by atoms with van der Waals surface area (Å²) in [6, 6.07) is 3.25. The maximum absolute atomic E-state index is 14.2. The molecule has 0 atom stereocenters. The summed E-state index contributed by atoms with van der Waals surface area (Å²) in [6.07, 6.45) is 5.82. The predicted octanol–water partition coefficient (Wildman–Crippen LogP) is 5.52. The zero-order chi connectivity index (χ0) is 15.4. The third-order valence-electron chi connectivity index (χ3n) is 4.33. The van der Waals surface area contributed by atoms with Crippen molar-refractivity contribution in [1.82, 2.24) is 4.90 Å². The third-order valence-corrected chi connectivity index (χ3v) is 4.95. The Hall–Kier alpha value is -0.480.